The molecular weight excluding hydrogens is 373 g/mol. The molecule has 0 amide bonds. The first-order chi connectivity index (χ1) is 14.2. The van der Waals surface area contributed by atoms with Crippen molar-refractivity contribution in [3.8, 4) is 11.5 Å². The Labute approximate surface area is 165 Å². The molecule has 1 N–H and O–H groups in total. The molecule has 3 aromatic heterocycles. The fourth-order valence-electron chi connectivity index (χ4n) is 4.53. The maximum Gasteiger partial charge on any atom is 0.247 e. The summed E-state index contributed by atoms with van der Waals surface area (Å²) in [6.45, 7) is 1.83. The van der Waals surface area contributed by atoms with Crippen LogP contribution in [0.5, 0.6) is 0 Å². The molecule has 146 valence electrons. The van der Waals surface area contributed by atoms with Crippen LogP contribution in [0.2, 0.25) is 0 Å². The molecule has 9 heteroatoms. The zero-order valence-electron chi connectivity index (χ0n) is 15.5. The summed E-state index contributed by atoms with van der Waals surface area (Å²) in [6.07, 6.45) is 6.49. The molecule has 29 heavy (non-hydrogen) atoms. The second-order valence-electron chi connectivity index (χ2n) is 7.89. The summed E-state index contributed by atoms with van der Waals surface area (Å²) in [5.41, 5.74) is 1.58. The molecule has 4 heterocycles. The third-order valence-electron chi connectivity index (χ3n) is 6.29. The molecule has 1 saturated heterocycles. The second-order valence-corrected chi connectivity index (χ2v) is 7.89. The topological polar surface area (TPSA) is 96.6 Å². The molecule has 1 atom stereocenters. The number of nitrogens with zero attached hydrogens (tertiary/aromatic N) is 6. The molecule has 1 aromatic carbocycles. The number of benzene rings is 1. The Morgan fingerprint density at radius 1 is 1.17 bits per heavy atom. The summed E-state index contributed by atoms with van der Waals surface area (Å²) in [7, 11) is 0. The van der Waals surface area contributed by atoms with Crippen LogP contribution in [0, 0.1) is 11.2 Å². The lowest BCUT2D eigenvalue weighted by Crippen LogP contribution is -2.35. The molecule has 2 aliphatic rings. The number of hydrogen-bond acceptors (Lipinski definition) is 7. The number of fused-ring (bicyclic) bond motifs is 1. The summed E-state index contributed by atoms with van der Waals surface area (Å²) < 4.78 is 19.4. The molecule has 0 radical (unpaired) electrons. The highest BCUT2D eigenvalue weighted by atomic mass is 19.1. The van der Waals surface area contributed by atoms with Crippen molar-refractivity contribution in [1.82, 2.24) is 30.4 Å². The van der Waals surface area contributed by atoms with Gasteiger partial charge >= 0.3 is 0 Å². The van der Waals surface area contributed by atoms with Gasteiger partial charge in [-0.2, -0.15) is 5.10 Å². The van der Waals surface area contributed by atoms with Gasteiger partial charge in [0.1, 0.15) is 18.0 Å². The Hall–Kier alpha value is -3.36. The Morgan fingerprint density at radius 2 is 2.07 bits per heavy atom. The average molecular weight is 391 g/mol. The van der Waals surface area contributed by atoms with E-state index in [9.17, 15) is 4.39 Å². The molecule has 1 aliphatic heterocycles. The van der Waals surface area contributed by atoms with E-state index in [0.29, 0.717) is 17.3 Å². The minimum Gasteiger partial charge on any atom is -0.420 e. The zero-order chi connectivity index (χ0) is 19.4. The van der Waals surface area contributed by atoms with E-state index in [1.54, 1.807) is 24.7 Å². The normalized spacial score (nSPS) is 20.4. The van der Waals surface area contributed by atoms with Crippen molar-refractivity contribution in [3.05, 3.63) is 48.5 Å². The number of halogens is 1. The maximum atomic E-state index is 13.5. The highest BCUT2D eigenvalue weighted by Crippen LogP contribution is 2.64. The monoisotopic (exact) mass is 391 g/mol. The van der Waals surface area contributed by atoms with Crippen LogP contribution in [0.25, 0.3) is 22.5 Å². The molecule has 6 rings (SSSR count). The minimum atomic E-state index is -0.311. The highest BCUT2D eigenvalue weighted by Gasteiger charge is 2.58. The number of H-pyrrole nitrogens is 1. The molecule has 1 unspecified atom stereocenters. The number of aromatic nitrogens is 6. The quantitative estimate of drug-likeness (QED) is 0.572. The smallest absolute Gasteiger partial charge is 0.247 e. The summed E-state index contributed by atoms with van der Waals surface area (Å²) in [4.78, 5) is 11.0. The number of nitrogens with one attached hydrogen (secondary N) is 1. The molecule has 4 aromatic rings. The lowest BCUT2D eigenvalue weighted by Gasteiger charge is -2.33. The van der Waals surface area contributed by atoms with Crippen LogP contribution < -0.4 is 4.90 Å². The van der Waals surface area contributed by atoms with E-state index in [2.05, 4.69) is 35.3 Å². The molecule has 1 spiro atoms. The fraction of sp³-hybridized carbons (Fsp3) is 0.350. The van der Waals surface area contributed by atoms with Crippen molar-refractivity contribution in [2.45, 2.75) is 25.2 Å². The van der Waals surface area contributed by atoms with Crippen molar-refractivity contribution < 1.29 is 8.81 Å². The largest absolute Gasteiger partial charge is 0.420 e. The molecular formula is C20H18FN7O. The molecule has 8 nitrogen and oxygen atoms in total. The Balaban J connectivity index is 1.18. The van der Waals surface area contributed by atoms with Crippen LogP contribution in [-0.4, -0.2) is 43.5 Å². The van der Waals surface area contributed by atoms with E-state index >= 15 is 0 Å². The predicted molar refractivity (Wildman–Crippen MR) is 103 cm³/mol. The zero-order valence-corrected chi connectivity index (χ0v) is 15.5. The van der Waals surface area contributed by atoms with E-state index in [1.807, 2.05) is 0 Å². The summed E-state index contributed by atoms with van der Waals surface area (Å²) in [5, 5.41) is 16.3. The minimum absolute atomic E-state index is 0.213. The van der Waals surface area contributed by atoms with Crippen molar-refractivity contribution in [3.63, 3.8) is 0 Å². The third kappa shape index (κ3) is 2.68. The SMILES string of the molecule is Fc1cccc(-c2nnc(C3CC34CCN(c3ncnc5[nH]ncc35)CC4)o2)c1. The standard InChI is InChI=1S/C20H18FN7O/c21-13-3-1-2-12(8-13)18-26-27-19(29-18)15-9-20(15)4-6-28(7-5-20)17-14-10-24-25-16(14)22-11-23-17/h1-3,8,10-11,15H,4-7,9H2,(H,22,23,24,25). The van der Waals surface area contributed by atoms with E-state index < -0.39 is 0 Å². The number of anilines is 1. The van der Waals surface area contributed by atoms with Crippen molar-refractivity contribution in [1.29, 1.82) is 0 Å². The molecule has 1 saturated carbocycles. The first-order valence-corrected chi connectivity index (χ1v) is 9.70. The maximum absolute atomic E-state index is 13.5. The summed E-state index contributed by atoms with van der Waals surface area (Å²) in [6, 6.07) is 6.24. The Morgan fingerprint density at radius 3 is 2.93 bits per heavy atom. The van der Waals surface area contributed by atoms with Crippen LogP contribution >= 0.6 is 0 Å². The fourth-order valence-corrected chi connectivity index (χ4v) is 4.53. The van der Waals surface area contributed by atoms with Crippen LogP contribution in [0.3, 0.4) is 0 Å². The van der Waals surface area contributed by atoms with Gasteiger partial charge in [-0.3, -0.25) is 5.10 Å². The Kier molecular flexibility index (Phi) is 3.47. The van der Waals surface area contributed by atoms with Gasteiger partial charge in [-0.25, -0.2) is 14.4 Å². The van der Waals surface area contributed by atoms with E-state index in [-0.39, 0.29) is 17.2 Å². The second kappa shape index (κ2) is 6.07. The van der Waals surface area contributed by atoms with Gasteiger partial charge in [-0.15, -0.1) is 10.2 Å². The van der Waals surface area contributed by atoms with Crippen LogP contribution in [-0.2, 0) is 0 Å². The van der Waals surface area contributed by atoms with Gasteiger partial charge in [0, 0.05) is 24.6 Å². The Bertz CT molecular complexity index is 1190. The highest BCUT2D eigenvalue weighted by molar-refractivity contribution is 5.86. The van der Waals surface area contributed by atoms with Crippen molar-refractivity contribution in [2.24, 2.45) is 5.41 Å². The van der Waals surface area contributed by atoms with Gasteiger partial charge in [0.25, 0.3) is 0 Å². The van der Waals surface area contributed by atoms with Crippen LogP contribution in [0.4, 0.5) is 10.2 Å². The molecule has 0 bridgehead atoms. The lowest BCUT2D eigenvalue weighted by molar-refractivity contribution is 0.352. The van der Waals surface area contributed by atoms with Gasteiger partial charge in [0.15, 0.2) is 5.65 Å². The summed E-state index contributed by atoms with van der Waals surface area (Å²) >= 11 is 0. The van der Waals surface area contributed by atoms with Crippen molar-refractivity contribution in [2.75, 3.05) is 18.0 Å². The van der Waals surface area contributed by atoms with Gasteiger partial charge in [-0.1, -0.05) is 6.07 Å². The van der Waals surface area contributed by atoms with Crippen LogP contribution in [0.1, 0.15) is 31.1 Å². The van der Waals surface area contributed by atoms with E-state index in [4.69, 9.17) is 4.42 Å². The number of hydrogen-bond donors (Lipinski definition) is 1. The van der Waals surface area contributed by atoms with Crippen LogP contribution in [0.15, 0.2) is 41.2 Å². The third-order valence-corrected chi connectivity index (χ3v) is 6.29. The number of rotatable bonds is 3. The average Bonchev–Trinajstić information content (AvgIpc) is 3.13. The van der Waals surface area contributed by atoms with Gasteiger partial charge < -0.3 is 9.32 Å². The predicted octanol–water partition coefficient (Wildman–Crippen LogP) is 3.32. The first kappa shape index (κ1) is 16.6. The molecule has 2 fully saturated rings. The number of piperidine rings is 1. The van der Waals surface area contributed by atoms with Gasteiger partial charge in [0.05, 0.1) is 11.6 Å². The van der Waals surface area contributed by atoms with E-state index in [0.717, 1.165) is 49.2 Å². The summed E-state index contributed by atoms with van der Waals surface area (Å²) in [5.74, 6) is 1.94. The van der Waals surface area contributed by atoms with E-state index in [1.165, 1.54) is 12.1 Å². The van der Waals surface area contributed by atoms with Gasteiger partial charge in [-0.05, 0) is 42.9 Å². The number of aromatic amines is 1. The van der Waals surface area contributed by atoms with Crippen molar-refractivity contribution >= 4 is 16.9 Å². The molecule has 1 aliphatic carbocycles. The van der Waals surface area contributed by atoms with Gasteiger partial charge in [0.2, 0.25) is 11.8 Å². The lowest BCUT2D eigenvalue weighted by atomic mass is 9.90. The first-order valence-electron chi connectivity index (χ1n) is 9.70.